The number of likely N-dealkylation sites (N-methyl/N-ethyl adjacent to an activating group) is 1. The molecule has 0 spiro atoms. The second-order valence-electron chi connectivity index (χ2n) is 4.95. The lowest BCUT2D eigenvalue weighted by atomic mass is 10.1. The van der Waals surface area contributed by atoms with Crippen LogP contribution < -0.4 is 5.32 Å². The van der Waals surface area contributed by atoms with E-state index < -0.39 is 5.97 Å². The summed E-state index contributed by atoms with van der Waals surface area (Å²) in [5, 5.41) is 12.9. The molecule has 0 amide bonds. The van der Waals surface area contributed by atoms with E-state index in [1.165, 1.54) is 0 Å². The number of benzene rings is 1. The summed E-state index contributed by atoms with van der Waals surface area (Å²) in [5.74, 6) is -0.0114. The highest BCUT2D eigenvalue weighted by Crippen LogP contribution is 2.29. The van der Waals surface area contributed by atoms with Crippen molar-refractivity contribution < 1.29 is 9.90 Å². The predicted molar refractivity (Wildman–Crippen MR) is 90.7 cm³/mol. The largest absolute Gasteiger partial charge is 0.478 e. The number of anilines is 1. The number of nitrogens with one attached hydrogen (secondary N) is 1. The van der Waals surface area contributed by atoms with Gasteiger partial charge in [-0.25, -0.2) is 4.79 Å². The number of aromatic carboxylic acids is 1. The summed E-state index contributed by atoms with van der Waals surface area (Å²) in [4.78, 5) is 14.7. The molecule has 1 aromatic rings. The number of thioether (sulfide) groups is 1. The van der Waals surface area contributed by atoms with E-state index in [0.717, 1.165) is 30.3 Å². The minimum absolute atomic E-state index is 0.199. The molecular formula is C16H26N2O2S. The second kappa shape index (κ2) is 8.95. The van der Waals surface area contributed by atoms with Crippen LogP contribution in [-0.4, -0.2) is 47.4 Å². The number of rotatable bonds is 9. The van der Waals surface area contributed by atoms with Gasteiger partial charge >= 0.3 is 5.97 Å². The van der Waals surface area contributed by atoms with Gasteiger partial charge in [0.05, 0.1) is 11.3 Å². The van der Waals surface area contributed by atoms with E-state index in [9.17, 15) is 9.90 Å². The Labute approximate surface area is 131 Å². The molecule has 0 aliphatic carbocycles. The molecule has 5 heteroatoms. The zero-order valence-corrected chi connectivity index (χ0v) is 14.2. The number of carboxylic acid groups (broad SMARTS) is 1. The number of hydrogen-bond acceptors (Lipinski definition) is 4. The number of nitrogens with zero attached hydrogens (tertiary/aromatic N) is 1. The van der Waals surface area contributed by atoms with Crippen molar-refractivity contribution in [3.8, 4) is 0 Å². The molecule has 1 atom stereocenters. The van der Waals surface area contributed by atoms with Crippen LogP contribution in [0, 0.1) is 0 Å². The zero-order valence-electron chi connectivity index (χ0n) is 13.3. The van der Waals surface area contributed by atoms with Crippen molar-refractivity contribution in [3.05, 3.63) is 23.8 Å². The molecule has 1 rings (SSSR count). The zero-order chi connectivity index (χ0) is 15.8. The molecule has 1 aromatic carbocycles. The minimum Gasteiger partial charge on any atom is -0.478 e. The second-order valence-corrected chi connectivity index (χ2v) is 6.25. The highest BCUT2D eigenvalue weighted by molar-refractivity contribution is 7.99. The van der Waals surface area contributed by atoms with E-state index >= 15 is 0 Å². The Morgan fingerprint density at radius 3 is 2.52 bits per heavy atom. The van der Waals surface area contributed by atoms with Crippen LogP contribution in [0.3, 0.4) is 0 Å². The van der Waals surface area contributed by atoms with Crippen LogP contribution in [0.15, 0.2) is 23.1 Å². The van der Waals surface area contributed by atoms with Gasteiger partial charge < -0.3 is 15.3 Å². The highest BCUT2D eigenvalue weighted by Gasteiger charge is 2.17. The molecule has 4 nitrogen and oxygen atoms in total. The van der Waals surface area contributed by atoms with Crippen molar-refractivity contribution in [2.45, 2.75) is 38.6 Å². The van der Waals surface area contributed by atoms with Gasteiger partial charge in [-0.3, -0.25) is 0 Å². The van der Waals surface area contributed by atoms with Crippen LogP contribution in [0.1, 0.15) is 38.1 Å². The van der Waals surface area contributed by atoms with Crippen molar-refractivity contribution in [2.75, 3.05) is 30.7 Å². The van der Waals surface area contributed by atoms with Crippen molar-refractivity contribution in [2.24, 2.45) is 0 Å². The van der Waals surface area contributed by atoms with Crippen LogP contribution in [0.4, 0.5) is 5.69 Å². The number of carboxylic acids is 1. The van der Waals surface area contributed by atoms with Gasteiger partial charge in [-0.15, -0.1) is 11.8 Å². The maximum absolute atomic E-state index is 11.6. The van der Waals surface area contributed by atoms with Gasteiger partial charge in [0.25, 0.3) is 0 Å². The Morgan fingerprint density at radius 1 is 1.33 bits per heavy atom. The first-order chi connectivity index (χ1) is 10.0. The topological polar surface area (TPSA) is 52.6 Å². The van der Waals surface area contributed by atoms with Crippen LogP contribution in [0.5, 0.6) is 0 Å². The van der Waals surface area contributed by atoms with E-state index in [1.807, 2.05) is 25.1 Å². The van der Waals surface area contributed by atoms with Crippen LogP contribution in [-0.2, 0) is 0 Å². The first kappa shape index (κ1) is 17.9. The lowest BCUT2D eigenvalue weighted by Gasteiger charge is -2.25. The average Bonchev–Trinajstić information content (AvgIpc) is 2.45. The predicted octanol–water partition coefficient (Wildman–Crippen LogP) is 3.64. The highest BCUT2D eigenvalue weighted by atomic mass is 32.2. The summed E-state index contributed by atoms with van der Waals surface area (Å²) in [6, 6.07) is 5.83. The fourth-order valence-electron chi connectivity index (χ4n) is 2.33. The smallest absolute Gasteiger partial charge is 0.338 e. The van der Waals surface area contributed by atoms with Gasteiger partial charge in [0, 0.05) is 17.5 Å². The lowest BCUT2D eigenvalue weighted by molar-refractivity contribution is 0.0694. The maximum Gasteiger partial charge on any atom is 0.338 e. The Bertz CT molecular complexity index is 462. The van der Waals surface area contributed by atoms with E-state index in [1.54, 1.807) is 11.8 Å². The molecular weight excluding hydrogens is 284 g/mol. The molecule has 0 aliphatic heterocycles. The minimum atomic E-state index is -0.871. The summed E-state index contributed by atoms with van der Waals surface area (Å²) in [6.07, 6.45) is 0. The van der Waals surface area contributed by atoms with Crippen LogP contribution >= 0.6 is 11.8 Å². The van der Waals surface area contributed by atoms with Crippen molar-refractivity contribution >= 4 is 23.4 Å². The summed E-state index contributed by atoms with van der Waals surface area (Å²) in [7, 11) is 0. The van der Waals surface area contributed by atoms with E-state index in [2.05, 4.69) is 31.0 Å². The van der Waals surface area contributed by atoms with Gasteiger partial charge in [-0.2, -0.15) is 0 Å². The Balaban J connectivity index is 2.91. The fourth-order valence-corrected chi connectivity index (χ4v) is 3.16. The molecule has 0 radical (unpaired) electrons. The summed E-state index contributed by atoms with van der Waals surface area (Å²) >= 11 is 1.56. The van der Waals surface area contributed by atoms with Gasteiger partial charge in [-0.1, -0.05) is 26.8 Å². The van der Waals surface area contributed by atoms with Gasteiger partial charge in [-0.05, 0) is 37.9 Å². The molecule has 1 unspecified atom stereocenters. The molecule has 2 N–H and O–H groups in total. The third-order valence-corrected chi connectivity index (χ3v) is 4.31. The molecule has 118 valence electrons. The molecule has 0 bridgehead atoms. The molecule has 0 fully saturated rings. The summed E-state index contributed by atoms with van der Waals surface area (Å²) in [6.45, 7) is 11.3. The Morgan fingerprint density at radius 2 is 2.00 bits per heavy atom. The fraction of sp³-hybridized carbons (Fsp3) is 0.562. The summed E-state index contributed by atoms with van der Waals surface area (Å²) in [5.41, 5.74) is 1.09. The molecule has 0 aliphatic rings. The SMILES string of the molecule is CCSc1cccc(NC(C)CN(CC)CC)c1C(=O)O. The van der Waals surface area contributed by atoms with Crippen molar-refractivity contribution in [1.82, 2.24) is 4.90 Å². The number of carbonyl (C=O) groups is 1. The maximum atomic E-state index is 11.6. The van der Waals surface area contributed by atoms with Crippen molar-refractivity contribution in [3.63, 3.8) is 0 Å². The monoisotopic (exact) mass is 310 g/mol. The normalized spacial score (nSPS) is 12.4. The average molecular weight is 310 g/mol. The molecule has 0 heterocycles. The van der Waals surface area contributed by atoms with Gasteiger partial charge in [0.2, 0.25) is 0 Å². The molecule has 0 saturated heterocycles. The standard InChI is InChI=1S/C16H26N2O2S/c1-5-18(6-2)11-12(4)17-13-9-8-10-14(21-7-3)15(13)16(19)20/h8-10,12,17H,5-7,11H2,1-4H3,(H,19,20). The van der Waals surface area contributed by atoms with Gasteiger partial charge in [0.15, 0.2) is 0 Å². The van der Waals surface area contributed by atoms with E-state index in [4.69, 9.17) is 0 Å². The van der Waals surface area contributed by atoms with Gasteiger partial charge in [0.1, 0.15) is 0 Å². The lowest BCUT2D eigenvalue weighted by Crippen LogP contribution is -2.35. The van der Waals surface area contributed by atoms with Crippen LogP contribution in [0.25, 0.3) is 0 Å². The summed E-state index contributed by atoms with van der Waals surface area (Å²) < 4.78 is 0. The Hall–Kier alpha value is -1.20. The third kappa shape index (κ3) is 5.25. The molecule has 0 saturated carbocycles. The number of hydrogen-bond donors (Lipinski definition) is 2. The first-order valence-electron chi connectivity index (χ1n) is 7.51. The van der Waals surface area contributed by atoms with Crippen molar-refractivity contribution in [1.29, 1.82) is 0 Å². The first-order valence-corrected chi connectivity index (χ1v) is 8.49. The van der Waals surface area contributed by atoms with Crippen LogP contribution in [0.2, 0.25) is 0 Å². The van der Waals surface area contributed by atoms with E-state index in [-0.39, 0.29) is 6.04 Å². The third-order valence-electron chi connectivity index (χ3n) is 3.37. The Kier molecular flexibility index (Phi) is 7.61. The molecule has 0 aromatic heterocycles. The quantitative estimate of drug-likeness (QED) is 0.682. The molecule has 21 heavy (non-hydrogen) atoms. The van der Waals surface area contributed by atoms with E-state index in [0.29, 0.717) is 11.3 Å².